The van der Waals surface area contributed by atoms with E-state index in [0.29, 0.717) is 24.2 Å². The lowest BCUT2D eigenvalue weighted by Gasteiger charge is -2.22. The average Bonchev–Trinajstić information content (AvgIpc) is 3.05. The first-order valence-electron chi connectivity index (χ1n) is 11.1. The maximum atomic E-state index is 7.80. The van der Waals surface area contributed by atoms with Gasteiger partial charge in [-0.1, -0.05) is 32.1 Å². The summed E-state index contributed by atoms with van der Waals surface area (Å²) in [5.74, 6) is 0.202. The third-order valence-corrected chi connectivity index (χ3v) is 3.20. The molecule has 1 aromatic heterocycles. The van der Waals surface area contributed by atoms with E-state index >= 15 is 0 Å². The highest BCUT2D eigenvalue weighted by Crippen LogP contribution is 2.27. The zero-order valence-electron chi connectivity index (χ0n) is 20.5. The molecule has 0 saturated carbocycles. The molecule has 0 atom stereocenters. The Morgan fingerprint density at radius 3 is 3.42 bits per heavy atom. The van der Waals surface area contributed by atoms with E-state index in [1.54, 1.807) is 0 Å². The Balaban J connectivity index is 1.96. The van der Waals surface area contributed by atoms with Crippen LogP contribution in [-0.4, -0.2) is 40.3 Å². The monoisotopic (exact) mass is 291 g/mol. The van der Waals surface area contributed by atoms with Crippen LogP contribution in [-0.2, 0) is 0 Å². The van der Waals surface area contributed by atoms with Crippen LogP contribution in [0.15, 0.2) is 6.08 Å². The van der Waals surface area contributed by atoms with Gasteiger partial charge in [-0.3, -0.25) is 0 Å². The molecule has 0 aliphatic carbocycles. The van der Waals surface area contributed by atoms with Gasteiger partial charge in [-0.05, 0) is 25.4 Å². The summed E-state index contributed by atoms with van der Waals surface area (Å²) in [5, 5.41) is 0. The summed E-state index contributed by atoms with van der Waals surface area (Å²) in [7, 11) is 0. The van der Waals surface area contributed by atoms with Gasteiger partial charge >= 0.3 is 0 Å². The number of hydrogen-bond donors (Lipinski definition) is 0. The molecule has 0 aromatic carbocycles. The van der Waals surface area contributed by atoms with Crippen molar-refractivity contribution in [1.29, 1.82) is 0 Å². The lowest BCUT2D eigenvalue weighted by Crippen LogP contribution is -2.25. The summed E-state index contributed by atoms with van der Waals surface area (Å²) >= 11 is 0.906. The summed E-state index contributed by atoms with van der Waals surface area (Å²) in [4.78, 5) is 1.36. The first-order chi connectivity index (χ1) is 13.2. The van der Waals surface area contributed by atoms with E-state index in [9.17, 15) is 0 Å². The molecule has 1 aliphatic rings. The molecule has 4 nitrogen and oxygen atoms in total. The van der Waals surface area contributed by atoms with Crippen LogP contribution >= 0.6 is 11.7 Å². The highest BCUT2D eigenvalue weighted by atomic mass is 32.1. The second-order valence-corrected chi connectivity index (χ2v) is 4.64. The topological polar surface area (TPSA) is 38.2 Å². The van der Waals surface area contributed by atoms with E-state index in [4.69, 9.17) is 18.4 Å². The Morgan fingerprint density at radius 2 is 2.53 bits per heavy atom. The number of nitrogens with zero attached hydrogens (tertiary/aromatic N) is 3. The Morgan fingerprint density at radius 1 is 1.53 bits per heavy atom. The van der Waals surface area contributed by atoms with Crippen LogP contribution in [0.4, 0.5) is 0 Å². The van der Waals surface area contributed by atoms with Gasteiger partial charge in [0, 0.05) is 26.8 Å². The molecule has 0 radical (unpaired) electrons. The SMILES string of the molecule is [2H]C([2H])([2H])N1CCC=C(c2nsnc2OCCCC([2H])([2H])C([2H])([2H])C([2H])([2H])[2H])C1. The average molecular weight is 291 g/mol. The van der Waals surface area contributed by atoms with Gasteiger partial charge in [0.15, 0.2) is 0 Å². The van der Waals surface area contributed by atoms with Gasteiger partial charge < -0.3 is 9.64 Å². The van der Waals surface area contributed by atoms with Crippen LogP contribution < -0.4 is 4.74 Å². The quantitative estimate of drug-likeness (QED) is 0.723. The molecular weight excluding hydrogens is 258 g/mol. The highest BCUT2D eigenvalue weighted by molar-refractivity contribution is 6.99. The van der Waals surface area contributed by atoms with Crippen LogP contribution in [0.25, 0.3) is 5.57 Å². The van der Waals surface area contributed by atoms with Gasteiger partial charge in [-0.25, -0.2) is 0 Å². The number of hydrogen-bond acceptors (Lipinski definition) is 5. The largest absolute Gasteiger partial charge is 0.475 e. The van der Waals surface area contributed by atoms with Crippen molar-refractivity contribution < 1.29 is 18.4 Å². The normalized spacial score (nSPS) is 27.1. The Kier molecular flexibility index (Phi) is 2.49. The molecule has 2 heterocycles. The Labute approximate surface area is 133 Å². The predicted octanol–water partition coefficient (Wildman–Crippen LogP) is 3.22. The van der Waals surface area contributed by atoms with Crippen molar-refractivity contribution in [2.24, 2.45) is 0 Å². The van der Waals surface area contributed by atoms with Crippen molar-refractivity contribution >= 4 is 17.3 Å². The summed E-state index contributed by atoms with van der Waals surface area (Å²) in [6, 6.07) is 0. The van der Waals surface area contributed by atoms with Crippen LogP contribution in [0.1, 0.15) is 58.3 Å². The van der Waals surface area contributed by atoms with Gasteiger partial charge in [-0.2, -0.15) is 4.37 Å². The van der Waals surface area contributed by atoms with Gasteiger partial charge in [0.25, 0.3) is 5.88 Å². The number of rotatable bonds is 7. The van der Waals surface area contributed by atoms with Gasteiger partial charge in [0.1, 0.15) is 5.69 Å². The van der Waals surface area contributed by atoms with Crippen molar-refractivity contribution in [1.82, 2.24) is 13.6 Å². The van der Waals surface area contributed by atoms with Gasteiger partial charge in [0.05, 0.1) is 18.3 Å². The maximum Gasteiger partial charge on any atom is 0.253 e. The van der Waals surface area contributed by atoms with Gasteiger partial charge in [0.2, 0.25) is 0 Å². The fraction of sp³-hybridized carbons (Fsp3) is 0.714. The standard InChI is InChI=1S/C14H23N3OS/c1-3-4-5-6-10-18-14-13(15-19-16-14)12-8-7-9-17(2)11-12/h8H,3-7,9-11H2,1-2H3/i1D3,2D3,3D2,4D2. The van der Waals surface area contributed by atoms with Crippen molar-refractivity contribution in [2.45, 2.75) is 38.9 Å². The molecule has 19 heavy (non-hydrogen) atoms. The van der Waals surface area contributed by atoms with Crippen LogP contribution in [0.3, 0.4) is 0 Å². The van der Waals surface area contributed by atoms with Crippen molar-refractivity contribution in [2.75, 3.05) is 26.7 Å². The Hall–Kier alpha value is -0.940. The van der Waals surface area contributed by atoms with Crippen LogP contribution in [0, 0.1) is 0 Å². The summed E-state index contributed by atoms with van der Waals surface area (Å²) < 4.78 is 88.8. The molecule has 1 aromatic rings. The molecule has 0 N–H and O–H groups in total. The smallest absolute Gasteiger partial charge is 0.253 e. The molecular formula is C14H23N3OS. The van der Waals surface area contributed by atoms with E-state index in [1.807, 2.05) is 6.08 Å². The maximum absolute atomic E-state index is 7.80. The van der Waals surface area contributed by atoms with E-state index in [0.717, 1.165) is 11.7 Å². The van der Waals surface area contributed by atoms with E-state index in [1.165, 1.54) is 4.90 Å². The van der Waals surface area contributed by atoms with Crippen LogP contribution in [0.5, 0.6) is 5.88 Å². The van der Waals surface area contributed by atoms with E-state index in [-0.39, 0.29) is 31.9 Å². The molecule has 0 spiro atoms. The second-order valence-electron chi connectivity index (χ2n) is 4.11. The first kappa shape index (κ1) is 6.22. The molecule has 2 rings (SSSR count). The zero-order chi connectivity index (χ0) is 22.1. The molecule has 0 bridgehead atoms. The van der Waals surface area contributed by atoms with Gasteiger partial charge in [-0.15, -0.1) is 4.37 Å². The molecule has 0 unspecified atom stereocenters. The highest BCUT2D eigenvalue weighted by Gasteiger charge is 2.18. The second kappa shape index (κ2) is 7.60. The number of aromatic nitrogens is 2. The molecule has 0 fully saturated rings. The summed E-state index contributed by atoms with van der Waals surface area (Å²) in [5.41, 5.74) is 1.12. The minimum Gasteiger partial charge on any atom is -0.475 e. The molecule has 5 heteroatoms. The third kappa shape index (κ3) is 4.28. The molecule has 0 amide bonds. The lowest BCUT2D eigenvalue weighted by molar-refractivity contribution is 0.294. The first-order valence-corrected chi connectivity index (χ1v) is 6.80. The third-order valence-electron chi connectivity index (χ3n) is 2.69. The van der Waals surface area contributed by atoms with E-state index in [2.05, 4.69) is 8.75 Å². The Bertz CT molecular complexity index is 728. The van der Waals surface area contributed by atoms with Crippen molar-refractivity contribution in [3.05, 3.63) is 11.8 Å². The minimum absolute atomic E-state index is 0.00866. The van der Waals surface area contributed by atoms with Crippen molar-refractivity contribution in [3.8, 4) is 5.88 Å². The summed E-state index contributed by atoms with van der Waals surface area (Å²) in [6.07, 6.45) is -3.39. The summed E-state index contributed by atoms with van der Waals surface area (Å²) in [6.45, 7) is -4.71. The fourth-order valence-corrected chi connectivity index (χ4v) is 2.31. The predicted molar refractivity (Wildman–Crippen MR) is 79.6 cm³/mol. The van der Waals surface area contributed by atoms with Crippen LogP contribution in [0.2, 0.25) is 0 Å². The minimum atomic E-state index is -3.08. The number of likely N-dealkylation sites (N-methyl/N-ethyl adjacent to an activating group) is 1. The van der Waals surface area contributed by atoms with E-state index < -0.39 is 26.6 Å². The lowest BCUT2D eigenvalue weighted by atomic mass is 10.1. The molecule has 106 valence electrons. The molecule has 1 aliphatic heterocycles. The van der Waals surface area contributed by atoms with Crippen molar-refractivity contribution in [3.63, 3.8) is 0 Å². The fourth-order valence-electron chi connectivity index (χ4n) is 1.78. The zero-order valence-corrected chi connectivity index (χ0v) is 11.3. The molecule has 0 saturated heterocycles. The number of ether oxygens (including phenoxy) is 1.